The van der Waals surface area contributed by atoms with Gasteiger partial charge in [-0.1, -0.05) is 18.5 Å². The van der Waals surface area contributed by atoms with E-state index in [0.717, 1.165) is 22.8 Å². The van der Waals surface area contributed by atoms with Gasteiger partial charge in [0.2, 0.25) is 0 Å². The molecule has 0 aliphatic rings. The Morgan fingerprint density at radius 1 is 1.47 bits per heavy atom. The Morgan fingerprint density at radius 3 is 2.84 bits per heavy atom. The van der Waals surface area contributed by atoms with E-state index in [-0.39, 0.29) is 11.1 Å². The van der Waals surface area contributed by atoms with Crippen molar-refractivity contribution in [2.75, 3.05) is 6.54 Å². The van der Waals surface area contributed by atoms with Gasteiger partial charge in [-0.25, -0.2) is 9.37 Å². The Morgan fingerprint density at radius 2 is 2.21 bits per heavy atom. The number of aryl methyl sites for hydroxylation is 1. The Labute approximate surface area is 121 Å². The molecule has 0 amide bonds. The number of benzene rings is 1. The van der Waals surface area contributed by atoms with Crippen LogP contribution in [-0.2, 0) is 0 Å². The van der Waals surface area contributed by atoms with Gasteiger partial charge in [0.05, 0.1) is 10.7 Å². The van der Waals surface area contributed by atoms with Crippen molar-refractivity contribution in [1.82, 2.24) is 10.3 Å². The van der Waals surface area contributed by atoms with Crippen LogP contribution in [0.3, 0.4) is 0 Å². The summed E-state index contributed by atoms with van der Waals surface area (Å²) in [5, 5.41) is 4.38. The average Bonchev–Trinajstić information content (AvgIpc) is 2.75. The summed E-state index contributed by atoms with van der Waals surface area (Å²) < 4.78 is 13.2. The van der Waals surface area contributed by atoms with E-state index in [1.54, 1.807) is 23.5 Å². The molecule has 0 aliphatic heterocycles. The van der Waals surface area contributed by atoms with Gasteiger partial charge in [-0.3, -0.25) is 0 Å². The van der Waals surface area contributed by atoms with Crippen LogP contribution in [0.5, 0.6) is 0 Å². The molecule has 0 saturated carbocycles. The molecular weight excluding hydrogens is 283 g/mol. The zero-order valence-electron chi connectivity index (χ0n) is 11.1. The maximum Gasteiger partial charge on any atom is 0.141 e. The highest BCUT2D eigenvalue weighted by Gasteiger charge is 2.15. The molecule has 2 rings (SSSR count). The molecule has 1 heterocycles. The average molecular weight is 299 g/mol. The summed E-state index contributed by atoms with van der Waals surface area (Å²) in [5.74, 6) is -0.403. The second-order valence-electron chi connectivity index (χ2n) is 4.38. The summed E-state index contributed by atoms with van der Waals surface area (Å²) in [6.07, 6.45) is 0. The highest BCUT2D eigenvalue weighted by Crippen LogP contribution is 2.33. The van der Waals surface area contributed by atoms with Gasteiger partial charge in [0.15, 0.2) is 0 Å². The molecule has 0 aliphatic carbocycles. The van der Waals surface area contributed by atoms with Crippen LogP contribution in [0, 0.1) is 12.7 Å². The molecule has 1 aromatic heterocycles. The second-order valence-corrected chi connectivity index (χ2v) is 5.81. The van der Waals surface area contributed by atoms with E-state index >= 15 is 0 Å². The lowest BCUT2D eigenvalue weighted by Crippen LogP contribution is -2.17. The summed E-state index contributed by atoms with van der Waals surface area (Å²) in [4.78, 5) is 5.76. The zero-order chi connectivity index (χ0) is 14.0. The summed E-state index contributed by atoms with van der Waals surface area (Å²) in [7, 11) is 0. The van der Waals surface area contributed by atoms with Gasteiger partial charge < -0.3 is 5.32 Å². The van der Waals surface area contributed by atoms with Crippen molar-refractivity contribution in [2.24, 2.45) is 0 Å². The lowest BCUT2D eigenvalue weighted by atomic mass is 10.2. The van der Waals surface area contributed by atoms with Crippen molar-refractivity contribution in [3.8, 4) is 10.6 Å². The largest absolute Gasteiger partial charge is 0.310 e. The van der Waals surface area contributed by atoms with Gasteiger partial charge in [0, 0.05) is 16.5 Å². The molecule has 0 radical (unpaired) electrons. The highest BCUT2D eigenvalue weighted by atomic mass is 35.5. The molecule has 2 nitrogen and oxygen atoms in total. The van der Waals surface area contributed by atoms with Crippen molar-refractivity contribution < 1.29 is 4.39 Å². The predicted octanol–water partition coefficient (Wildman–Crippen LogP) is 4.58. The minimum atomic E-state index is -0.403. The number of hydrogen-bond acceptors (Lipinski definition) is 3. The number of aromatic nitrogens is 1. The van der Waals surface area contributed by atoms with Gasteiger partial charge in [0.1, 0.15) is 10.8 Å². The molecule has 1 N–H and O–H groups in total. The SMILES string of the molecule is CCNC(C)c1sc(-c2ccc(F)c(Cl)c2)nc1C. The maximum atomic E-state index is 13.2. The molecule has 5 heteroatoms. The summed E-state index contributed by atoms with van der Waals surface area (Å²) >= 11 is 7.43. The maximum absolute atomic E-state index is 13.2. The molecule has 102 valence electrons. The van der Waals surface area contributed by atoms with Crippen molar-refractivity contribution in [3.05, 3.63) is 39.6 Å². The smallest absolute Gasteiger partial charge is 0.141 e. The van der Waals surface area contributed by atoms with E-state index in [0.29, 0.717) is 0 Å². The summed E-state index contributed by atoms with van der Waals surface area (Å²) in [6, 6.07) is 4.98. The first-order valence-corrected chi connectivity index (χ1v) is 7.38. The van der Waals surface area contributed by atoms with E-state index in [9.17, 15) is 4.39 Å². The van der Waals surface area contributed by atoms with Crippen LogP contribution in [0.15, 0.2) is 18.2 Å². The van der Waals surface area contributed by atoms with Crippen LogP contribution in [-0.4, -0.2) is 11.5 Å². The van der Waals surface area contributed by atoms with Crippen molar-refractivity contribution in [1.29, 1.82) is 0 Å². The van der Waals surface area contributed by atoms with Crippen LogP contribution in [0.1, 0.15) is 30.5 Å². The fourth-order valence-electron chi connectivity index (χ4n) is 1.96. The Bertz CT molecular complexity index is 583. The van der Waals surface area contributed by atoms with Crippen LogP contribution < -0.4 is 5.32 Å². The van der Waals surface area contributed by atoms with Crippen molar-refractivity contribution >= 4 is 22.9 Å². The zero-order valence-corrected chi connectivity index (χ0v) is 12.7. The number of thiazole rings is 1. The minimum Gasteiger partial charge on any atom is -0.310 e. The molecule has 1 unspecified atom stereocenters. The van der Waals surface area contributed by atoms with Crippen molar-refractivity contribution in [2.45, 2.75) is 26.8 Å². The van der Waals surface area contributed by atoms with E-state index in [1.165, 1.54) is 10.9 Å². The number of nitrogens with zero attached hydrogens (tertiary/aromatic N) is 1. The van der Waals surface area contributed by atoms with E-state index in [4.69, 9.17) is 11.6 Å². The van der Waals surface area contributed by atoms with E-state index in [2.05, 4.69) is 24.1 Å². The third-order valence-electron chi connectivity index (χ3n) is 2.90. The molecule has 1 aromatic carbocycles. The summed E-state index contributed by atoms with van der Waals surface area (Å²) in [6.45, 7) is 7.10. The first kappa shape index (κ1) is 14.4. The fourth-order valence-corrected chi connectivity index (χ4v) is 3.23. The van der Waals surface area contributed by atoms with Crippen LogP contribution in [0.25, 0.3) is 10.6 Å². The van der Waals surface area contributed by atoms with E-state index in [1.807, 2.05) is 6.92 Å². The molecule has 0 saturated heterocycles. The molecule has 0 spiro atoms. The third kappa shape index (κ3) is 3.14. The van der Waals surface area contributed by atoms with Gasteiger partial charge in [-0.2, -0.15) is 0 Å². The van der Waals surface area contributed by atoms with Crippen LogP contribution >= 0.6 is 22.9 Å². The lowest BCUT2D eigenvalue weighted by Gasteiger charge is -2.09. The fraction of sp³-hybridized carbons (Fsp3) is 0.357. The summed E-state index contributed by atoms with van der Waals surface area (Å²) in [5.41, 5.74) is 1.86. The van der Waals surface area contributed by atoms with Gasteiger partial charge >= 0.3 is 0 Å². The monoisotopic (exact) mass is 298 g/mol. The molecule has 19 heavy (non-hydrogen) atoms. The van der Waals surface area contributed by atoms with E-state index < -0.39 is 5.82 Å². The first-order chi connectivity index (χ1) is 9.02. The quantitative estimate of drug-likeness (QED) is 0.893. The molecule has 1 atom stereocenters. The number of nitrogens with one attached hydrogen (secondary N) is 1. The molecular formula is C14H16ClFN2S. The molecule has 2 aromatic rings. The first-order valence-electron chi connectivity index (χ1n) is 6.19. The topological polar surface area (TPSA) is 24.9 Å². The third-order valence-corrected chi connectivity index (χ3v) is 4.58. The predicted molar refractivity (Wildman–Crippen MR) is 79.3 cm³/mol. The Balaban J connectivity index is 2.36. The number of hydrogen-bond donors (Lipinski definition) is 1. The second kappa shape index (κ2) is 5.99. The highest BCUT2D eigenvalue weighted by molar-refractivity contribution is 7.15. The van der Waals surface area contributed by atoms with Gasteiger partial charge in [0.25, 0.3) is 0 Å². The van der Waals surface area contributed by atoms with Crippen LogP contribution in [0.4, 0.5) is 4.39 Å². The Hall–Kier alpha value is -0.970. The standard InChI is InChI=1S/C14H16ClFN2S/c1-4-17-8(2)13-9(3)18-14(19-13)10-5-6-12(16)11(15)7-10/h5-8,17H,4H2,1-3H3. The molecule has 0 fully saturated rings. The van der Waals surface area contributed by atoms with Crippen molar-refractivity contribution in [3.63, 3.8) is 0 Å². The molecule has 0 bridgehead atoms. The van der Waals surface area contributed by atoms with Gasteiger partial charge in [-0.15, -0.1) is 11.3 Å². The Kier molecular flexibility index (Phi) is 4.55. The number of rotatable bonds is 4. The van der Waals surface area contributed by atoms with Gasteiger partial charge in [-0.05, 0) is 38.6 Å². The van der Waals surface area contributed by atoms with Crippen LogP contribution in [0.2, 0.25) is 5.02 Å². The minimum absolute atomic E-state index is 0.131. The lowest BCUT2D eigenvalue weighted by molar-refractivity contribution is 0.603. The number of halogens is 2. The normalized spacial score (nSPS) is 12.7.